The van der Waals surface area contributed by atoms with Gasteiger partial charge in [-0.2, -0.15) is 0 Å². The highest BCUT2D eigenvalue weighted by atomic mass is 35.5. The van der Waals surface area contributed by atoms with Crippen LogP contribution in [-0.4, -0.2) is 87.2 Å². The molecule has 3 N–H and O–H groups in total. The molecule has 0 aliphatic heterocycles. The van der Waals surface area contributed by atoms with Crippen LogP contribution in [0.5, 0.6) is 17.2 Å². The van der Waals surface area contributed by atoms with E-state index >= 15 is 0 Å². The van der Waals surface area contributed by atoms with Gasteiger partial charge >= 0.3 is 30.1 Å². The summed E-state index contributed by atoms with van der Waals surface area (Å²) in [5.41, 5.74) is 16.9. The molecule has 0 atom stereocenters. The third kappa shape index (κ3) is 23.0. The number of halogens is 9. The number of nitrogens with one attached hydrogen (secondary N) is 1. The number of nitrogen functional groups attached to an aromatic ring is 1. The van der Waals surface area contributed by atoms with Gasteiger partial charge in [-0.15, -0.1) is 0 Å². The normalized spacial score (nSPS) is 12.3. The minimum absolute atomic E-state index is 0.171. The molecule has 12 aromatic rings. The zero-order chi connectivity index (χ0) is 88.7. The Bertz CT molecular complexity index is 6280. The van der Waals surface area contributed by atoms with Crippen LogP contribution in [0.2, 0.25) is 45.2 Å². The van der Waals surface area contributed by atoms with Crippen LogP contribution < -0.4 is 30.2 Å². The SMILES string of the molecule is CCOC(=O)N(C)c1cc(C#Cc2ccc(OCc3c(-c4c(Cl)cccc4Cl)noc3C3CC3)cc2Cl)cc(C(=O)OC)c1.CCOC(=O)Nc1cc(C#Cc2ccc(OCc3c(-c4c(Cl)cccc4Cl)noc3C3CC3)cc2Cl)cc(C(=O)OC)c1.COC(=O)c1cc(N)cc(C#Cc2ccc(OCc3c(-c4c(Cl)cccc4Cl)noc3C3CC3)cc2Cl)c1. The van der Waals surface area contributed by atoms with Crippen molar-refractivity contribution in [3.05, 3.63) is 293 Å². The number of nitrogens with zero attached hydrogens (tertiary/aromatic N) is 4. The van der Waals surface area contributed by atoms with Crippen molar-refractivity contribution in [1.82, 2.24) is 15.5 Å². The van der Waals surface area contributed by atoms with Crippen molar-refractivity contribution in [3.8, 4) is 86.5 Å². The van der Waals surface area contributed by atoms with Crippen LogP contribution in [0.3, 0.4) is 0 Å². The fraction of sp³-hybridized carbons (Fsp3) is 0.213. The van der Waals surface area contributed by atoms with E-state index in [-0.39, 0.29) is 56.0 Å². The summed E-state index contributed by atoms with van der Waals surface area (Å²) in [5.74, 6) is 21.2. The molecule has 0 radical (unpaired) electrons. The first-order valence-electron chi connectivity index (χ1n) is 38.7. The topological polar surface area (TPSA) is 279 Å². The summed E-state index contributed by atoms with van der Waals surface area (Å²) in [6, 6.07) is 45.6. The second-order valence-corrected chi connectivity index (χ2v) is 31.9. The van der Waals surface area contributed by atoms with Crippen LogP contribution in [0.1, 0.15) is 169 Å². The quantitative estimate of drug-likeness (QED) is 0.0276. The van der Waals surface area contributed by atoms with E-state index in [9.17, 15) is 24.0 Å². The van der Waals surface area contributed by atoms with Crippen molar-refractivity contribution in [2.45, 2.75) is 89.9 Å². The van der Waals surface area contributed by atoms with Gasteiger partial charge in [0.15, 0.2) is 0 Å². The van der Waals surface area contributed by atoms with Gasteiger partial charge < -0.3 is 57.2 Å². The number of aromatic nitrogens is 3. The smallest absolute Gasteiger partial charge is 0.413 e. The summed E-state index contributed by atoms with van der Waals surface area (Å²) in [5, 5.41) is 19.4. The molecule has 2 amide bonds. The van der Waals surface area contributed by atoms with E-state index in [1.165, 1.54) is 44.4 Å². The van der Waals surface area contributed by atoms with Crippen molar-refractivity contribution in [1.29, 1.82) is 0 Å². The predicted molar refractivity (Wildman–Crippen MR) is 481 cm³/mol. The first-order chi connectivity index (χ1) is 60.3. The molecule has 31 heteroatoms. The lowest BCUT2D eigenvalue weighted by atomic mass is 10.0. The highest BCUT2D eigenvalue weighted by molar-refractivity contribution is 6.41. The van der Waals surface area contributed by atoms with Crippen LogP contribution >= 0.6 is 104 Å². The summed E-state index contributed by atoms with van der Waals surface area (Å²) in [4.78, 5) is 61.7. The first kappa shape index (κ1) is 90.8. The number of methoxy groups -OCH3 is 3. The van der Waals surface area contributed by atoms with Crippen LogP contribution in [0.4, 0.5) is 26.7 Å². The van der Waals surface area contributed by atoms with Gasteiger partial charge in [0.2, 0.25) is 0 Å². The van der Waals surface area contributed by atoms with Crippen LogP contribution in [-0.2, 0) is 43.5 Å². The van der Waals surface area contributed by atoms with Crippen molar-refractivity contribution >= 4 is 152 Å². The Kier molecular flexibility index (Phi) is 30.3. The number of hydrogen-bond donors (Lipinski definition) is 2. The number of hydrogen-bond acceptors (Lipinski definition) is 20. The number of esters is 3. The zero-order valence-electron chi connectivity index (χ0n) is 67.4. The second kappa shape index (κ2) is 41.7. The van der Waals surface area contributed by atoms with Gasteiger partial charge in [-0.25, -0.2) is 24.0 Å². The number of anilines is 3. The largest absolute Gasteiger partial charge is 0.489 e. The molecule has 22 nitrogen and oxygen atoms in total. The molecule has 3 saturated carbocycles. The number of benzene rings is 9. The van der Waals surface area contributed by atoms with E-state index in [1.54, 1.807) is 166 Å². The Hall–Kier alpha value is -12.0. The van der Waals surface area contributed by atoms with Gasteiger partial charge in [-0.1, -0.05) is 174 Å². The van der Waals surface area contributed by atoms with Gasteiger partial charge in [-0.3, -0.25) is 10.2 Å². The highest BCUT2D eigenvalue weighted by Gasteiger charge is 2.37. The number of amides is 2. The van der Waals surface area contributed by atoms with Gasteiger partial charge in [0.05, 0.1) is 113 Å². The fourth-order valence-electron chi connectivity index (χ4n) is 12.8. The number of carbonyl (C=O) groups is 5. The Morgan fingerprint density at radius 1 is 0.416 bits per heavy atom. The van der Waals surface area contributed by atoms with E-state index in [0.29, 0.717) is 158 Å². The number of rotatable bonds is 22. The monoisotopic (exact) mass is 1860 g/mol. The molecule has 3 aliphatic rings. The second-order valence-electron chi connectivity index (χ2n) is 28.3. The molecule has 3 fully saturated rings. The highest BCUT2D eigenvalue weighted by Crippen LogP contribution is 2.50. The Balaban J connectivity index is 0.000000161. The molecular weight excluding hydrogens is 1790 g/mol. The number of ether oxygens (including phenoxy) is 8. The van der Waals surface area contributed by atoms with Crippen LogP contribution in [0.15, 0.2) is 177 Å². The van der Waals surface area contributed by atoms with E-state index in [2.05, 4.69) is 56.3 Å². The first-order valence-corrected chi connectivity index (χ1v) is 42.1. The average molecular weight is 1860 g/mol. The lowest BCUT2D eigenvalue weighted by Gasteiger charge is -2.17. The van der Waals surface area contributed by atoms with Crippen molar-refractivity contribution in [2.75, 3.05) is 57.5 Å². The summed E-state index contributed by atoms with van der Waals surface area (Å²) >= 11 is 58.4. The van der Waals surface area contributed by atoms with E-state index in [0.717, 1.165) is 72.5 Å². The molecule has 15 rings (SSSR count). The third-order valence-corrected chi connectivity index (χ3v) is 22.2. The van der Waals surface area contributed by atoms with Gasteiger partial charge in [0, 0.05) is 110 Å². The Morgan fingerprint density at radius 2 is 0.752 bits per heavy atom. The number of nitrogens with two attached hydrogens (primary N) is 1. The summed E-state index contributed by atoms with van der Waals surface area (Å²) < 4.78 is 59.9. The molecule has 125 heavy (non-hydrogen) atoms. The average Bonchev–Trinajstić information content (AvgIpc) is 1.63. The maximum Gasteiger partial charge on any atom is 0.413 e. The minimum atomic E-state index is -0.653. The standard InChI is InChI=1S/C33H27Cl3N2O6.C32H25Cl3N2O6.C29H21Cl3N2O4/c1-4-42-33(40)38(2)23-15-19(14-22(16-23)32(39)41-3)8-9-20-12-13-24(17-28(20)36)43-18-25-30(37-44-31(25)21-10-11-21)29-26(34)6-5-7-27(29)35;1-3-41-32(39)36-22-14-18(13-21(15-22)31(38)40-2)7-8-19-11-12-23(16-27(19)35)42-17-24-29(37-43-30(24)20-9-10-20)28-25(33)5-4-6-26(28)34;1-36-29(35)19-11-16(12-20(33)13-19)5-6-17-9-10-21(14-25(17)32)37-15-22-27(34-38-28(22)18-7-8-18)26-23(30)3-2-4-24(26)31/h5-7,12-17,21H,4,10-11,18H2,1-3H3;4-6,11-16,20H,3,9-10,17H2,1-2H3,(H,36,39);2-4,9-14,18H,7-8,15,33H2,1H3. The molecule has 638 valence electrons. The van der Waals surface area contributed by atoms with Gasteiger partial charge in [0.1, 0.15) is 71.4 Å². The summed E-state index contributed by atoms with van der Waals surface area (Å²) in [6.07, 6.45) is 4.90. The molecule has 3 aromatic heterocycles. The molecule has 9 aromatic carbocycles. The summed E-state index contributed by atoms with van der Waals surface area (Å²) in [6.45, 7) is 4.35. The lowest BCUT2D eigenvalue weighted by molar-refractivity contribution is 0.0592. The van der Waals surface area contributed by atoms with Crippen molar-refractivity contribution < 1.29 is 75.4 Å². The fourth-order valence-corrected chi connectivity index (χ4v) is 15.2. The van der Waals surface area contributed by atoms with Crippen LogP contribution in [0, 0.1) is 35.5 Å². The Labute approximate surface area is 763 Å². The van der Waals surface area contributed by atoms with E-state index in [1.807, 2.05) is 0 Å². The molecule has 0 bridgehead atoms. The number of carbonyl (C=O) groups excluding carboxylic acids is 5. The molecule has 0 saturated heterocycles. The lowest BCUT2D eigenvalue weighted by Crippen LogP contribution is -2.27. The third-order valence-electron chi connectivity index (χ3n) is 19.4. The molecule has 3 heterocycles. The van der Waals surface area contributed by atoms with Gasteiger partial charge in [0.25, 0.3) is 0 Å². The molecule has 0 spiro atoms. The van der Waals surface area contributed by atoms with Crippen molar-refractivity contribution in [2.24, 2.45) is 0 Å². The van der Waals surface area contributed by atoms with Crippen molar-refractivity contribution in [3.63, 3.8) is 0 Å². The summed E-state index contributed by atoms with van der Waals surface area (Å²) in [7, 11) is 5.40. The molecule has 3 aliphatic carbocycles. The predicted octanol–water partition coefficient (Wildman–Crippen LogP) is 24.6. The maximum absolute atomic E-state index is 12.3. The zero-order valence-corrected chi connectivity index (χ0v) is 74.2. The maximum atomic E-state index is 12.3. The van der Waals surface area contributed by atoms with E-state index < -0.39 is 30.1 Å². The van der Waals surface area contributed by atoms with Crippen LogP contribution in [0.25, 0.3) is 33.8 Å². The Morgan fingerprint density at radius 3 is 1.09 bits per heavy atom. The molecule has 0 unspecified atom stereocenters. The van der Waals surface area contributed by atoms with Gasteiger partial charge in [-0.05, 0) is 180 Å². The van der Waals surface area contributed by atoms with E-state index in [4.69, 9.17) is 162 Å². The molecular formula is C94H73Cl9N6O16. The minimum Gasteiger partial charge on any atom is -0.489 e.